The first-order valence-corrected chi connectivity index (χ1v) is 7.14. The number of hydrogen-bond acceptors (Lipinski definition) is 4. The Labute approximate surface area is 101 Å². The average Bonchev–Trinajstić information content (AvgIpc) is 2.31. The van der Waals surface area contributed by atoms with Gasteiger partial charge in [-0.15, -0.1) is 0 Å². The van der Waals surface area contributed by atoms with Crippen molar-refractivity contribution >= 4 is 20.4 Å². The summed E-state index contributed by atoms with van der Waals surface area (Å²) in [6.45, 7) is 0.543. The molecule has 0 aromatic heterocycles. The number of benzene rings is 1. The Bertz CT molecular complexity index is 347. The van der Waals surface area contributed by atoms with Gasteiger partial charge in [0.25, 0.3) is 0 Å². The zero-order valence-electron chi connectivity index (χ0n) is 9.13. The maximum absolute atomic E-state index is 12.0. The SMILES string of the molecule is COP(=O)(NCCCS)Oc1ccccc1. The van der Waals surface area contributed by atoms with Crippen LogP contribution in [-0.2, 0) is 9.09 Å². The van der Waals surface area contributed by atoms with Crippen LogP contribution in [0.15, 0.2) is 30.3 Å². The highest BCUT2D eigenvalue weighted by Crippen LogP contribution is 2.42. The van der Waals surface area contributed by atoms with Gasteiger partial charge in [0, 0.05) is 13.7 Å². The summed E-state index contributed by atoms with van der Waals surface area (Å²) in [6.07, 6.45) is 0.800. The molecule has 0 heterocycles. The van der Waals surface area contributed by atoms with E-state index >= 15 is 0 Å². The molecule has 0 amide bonds. The quantitative estimate of drug-likeness (QED) is 0.450. The normalized spacial score (nSPS) is 14.4. The number of thiol groups is 1. The molecule has 0 fully saturated rings. The van der Waals surface area contributed by atoms with E-state index in [0.717, 1.165) is 12.2 Å². The van der Waals surface area contributed by atoms with E-state index < -0.39 is 7.75 Å². The van der Waals surface area contributed by atoms with Crippen LogP contribution < -0.4 is 9.61 Å². The van der Waals surface area contributed by atoms with Crippen LogP contribution in [0.5, 0.6) is 5.75 Å². The third-order valence-corrected chi connectivity index (χ3v) is 3.71. The van der Waals surface area contributed by atoms with Gasteiger partial charge in [0.1, 0.15) is 5.75 Å². The van der Waals surface area contributed by atoms with E-state index in [1.165, 1.54) is 7.11 Å². The molecule has 1 N–H and O–H groups in total. The van der Waals surface area contributed by atoms with E-state index in [2.05, 4.69) is 17.7 Å². The van der Waals surface area contributed by atoms with Crippen LogP contribution in [0.25, 0.3) is 0 Å². The Morgan fingerprint density at radius 3 is 2.62 bits per heavy atom. The zero-order valence-corrected chi connectivity index (χ0v) is 10.9. The molecule has 1 aromatic rings. The van der Waals surface area contributed by atoms with E-state index in [1.807, 2.05) is 18.2 Å². The van der Waals surface area contributed by atoms with Crippen LogP contribution in [0.1, 0.15) is 6.42 Å². The molecule has 0 saturated heterocycles. The van der Waals surface area contributed by atoms with Gasteiger partial charge >= 0.3 is 7.75 Å². The van der Waals surface area contributed by atoms with Crippen molar-refractivity contribution in [3.8, 4) is 5.75 Å². The highest BCUT2D eigenvalue weighted by molar-refractivity contribution is 7.80. The van der Waals surface area contributed by atoms with Gasteiger partial charge in [-0.05, 0) is 24.3 Å². The van der Waals surface area contributed by atoms with Crippen molar-refractivity contribution in [1.82, 2.24) is 5.09 Å². The minimum Gasteiger partial charge on any atom is -0.413 e. The van der Waals surface area contributed by atoms with Gasteiger partial charge in [-0.25, -0.2) is 9.65 Å². The predicted molar refractivity (Wildman–Crippen MR) is 68.2 cm³/mol. The van der Waals surface area contributed by atoms with Crippen LogP contribution in [0, 0.1) is 0 Å². The first-order chi connectivity index (χ1) is 7.70. The van der Waals surface area contributed by atoms with Gasteiger partial charge in [-0.1, -0.05) is 18.2 Å². The van der Waals surface area contributed by atoms with Gasteiger partial charge in [-0.2, -0.15) is 12.6 Å². The smallest absolute Gasteiger partial charge is 0.413 e. The summed E-state index contributed by atoms with van der Waals surface area (Å²) in [6, 6.07) is 8.93. The van der Waals surface area contributed by atoms with E-state index in [1.54, 1.807) is 12.1 Å². The number of nitrogens with one attached hydrogen (secondary N) is 1. The molecule has 4 nitrogen and oxygen atoms in total. The van der Waals surface area contributed by atoms with Crippen molar-refractivity contribution in [2.75, 3.05) is 19.4 Å². The monoisotopic (exact) mass is 261 g/mol. The summed E-state index contributed by atoms with van der Waals surface area (Å²) in [5.74, 6) is 1.24. The van der Waals surface area contributed by atoms with Crippen LogP contribution >= 0.6 is 20.4 Å². The molecule has 90 valence electrons. The van der Waals surface area contributed by atoms with Crippen molar-refractivity contribution in [3.63, 3.8) is 0 Å². The number of hydrogen-bond donors (Lipinski definition) is 2. The lowest BCUT2D eigenvalue weighted by molar-refractivity contribution is 0.309. The highest BCUT2D eigenvalue weighted by atomic mass is 32.1. The maximum Gasteiger partial charge on any atom is 0.458 e. The van der Waals surface area contributed by atoms with Crippen molar-refractivity contribution in [1.29, 1.82) is 0 Å². The molecular weight excluding hydrogens is 245 g/mol. The highest BCUT2D eigenvalue weighted by Gasteiger charge is 2.23. The van der Waals surface area contributed by atoms with Gasteiger partial charge in [0.2, 0.25) is 0 Å². The third-order valence-electron chi connectivity index (χ3n) is 1.85. The Hall–Kier alpha value is -0.480. The lowest BCUT2D eigenvalue weighted by Crippen LogP contribution is -2.17. The molecule has 1 atom stereocenters. The fraction of sp³-hybridized carbons (Fsp3) is 0.400. The standard InChI is InChI=1S/C10H16NO3PS/c1-13-15(12,11-8-5-9-16)14-10-6-3-2-4-7-10/h2-4,6-7,16H,5,8-9H2,1H3,(H,11,12). The molecule has 0 aliphatic carbocycles. The Morgan fingerprint density at radius 2 is 2.06 bits per heavy atom. The first-order valence-electron chi connectivity index (χ1n) is 4.96. The predicted octanol–water partition coefficient (Wildman–Crippen LogP) is 2.73. The summed E-state index contributed by atoms with van der Waals surface area (Å²) in [5, 5.41) is 2.76. The molecule has 0 aliphatic rings. The van der Waals surface area contributed by atoms with Crippen LogP contribution in [-0.4, -0.2) is 19.4 Å². The van der Waals surface area contributed by atoms with Crippen molar-refractivity contribution in [3.05, 3.63) is 30.3 Å². The lowest BCUT2D eigenvalue weighted by atomic mass is 10.3. The second-order valence-electron chi connectivity index (χ2n) is 3.07. The van der Waals surface area contributed by atoms with Crippen LogP contribution in [0.3, 0.4) is 0 Å². The first kappa shape index (κ1) is 13.6. The Balaban J connectivity index is 2.56. The molecule has 0 spiro atoms. The van der Waals surface area contributed by atoms with Crippen molar-refractivity contribution < 1.29 is 13.6 Å². The summed E-state index contributed by atoms with van der Waals surface area (Å²) >= 11 is 4.07. The second-order valence-corrected chi connectivity index (χ2v) is 5.38. The second kappa shape index (κ2) is 6.97. The van der Waals surface area contributed by atoms with Crippen LogP contribution in [0.4, 0.5) is 0 Å². The summed E-state index contributed by atoms with van der Waals surface area (Å²) < 4.78 is 22.2. The third kappa shape index (κ3) is 4.58. The molecule has 0 bridgehead atoms. The molecule has 16 heavy (non-hydrogen) atoms. The fourth-order valence-electron chi connectivity index (χ4n) is 1.05. The molecule has 0 radical (unpaired) electrons. The topological polar surface area (TPSA) is 47.6 Å². The molecule has 1 rings (SSSR count). The van der Waals surface area contributed by atoms with Gasteiger partial charge in [0.15, 0.2) is 0 Å². The summed E-state index contributed by atoms with van der Waals surface area (Å²) in [5.41, 5.74) is 0. The largest absolute Gasteiger partial charge is 0.458 e. The Kier molecular flexibility index (Phi) is 5.91. The van der Waals surface area contributed by atoms with E-state index in [0.29, 0.717) is 12.3 Å². The molecule has 1 aromatic carbocycles. The van der Waals surface area contributed by atoms with Gasteiger partial charge < -0.3 is 4.52 Å². The van der Waals surface area contributed by atoms with Crippen molar-refractivity contribution in [2.45, 2.75) is 6.42 Å². The molecular formula is C10H16NO3PS. The van der Waals surface area contributed by atoms with E-state index in [4.69, 9.17) is 9.05 Å². The summed E-state index contributed by atoms with van der Waals surface area (Å²) in [4.78, 5) is 0. The van der Waals surface area contributed by atoms with Crippen LogP contribution in [0.2, 0.25) is 0 Å². The minimum atomic E-state index is -3.24. The van der Waals surface area contributed by atoms with Crippen molar-refractivity contribution in [2.24, 2.45) is 0 Å². The van der Waals surface area contributed by atoms with E-state index in [9.17, 15) is 4.57 Å². The molecule has 0 aliphatic heterocycles. The fourth-order valence-corrected chi connectivity index (χ4v) is 2.31. The number of para-hydroxylation sites is 1. The van der Waals surface area contributed by atoms with E-state index in [-0.39, 0.29) is 0 Å². The molecule has 1 unspecified atom stereocenters. The lowest BCUT2D eigenvalue weighted by Gasteiger charge is -2.17. The average molecular weight is 261 g/mol. The minimum absolute atomic E-state index is 0.519. The van der Waals surface area contributed by atoms with Gasteiger partial charge in [-0.3, -0.25) is 4.52 Å². The molecule has 6 heteroatoms. The maximum atomic E-state index is 12.0. The Morgan fingerprint density at radius 1 is 1.38 bits per heavy atom. The van der Waals surface area contributed by atoms with Gasteiger partial charge in [0.05, 0.1) is 0 Å². The molecule has 0 saturated carbocycles. The summed E-state index contributed by atoms with van der Waals surface area (Å²) in [7, 11) is -1.88. The zero-order chi connectivity index (χ0) is 11.9. The number of rotatable bonds is 7.